The van der Waals surface area contributed by atoms with Gasteiger partial charge < -0.3 is 15.3 Å². The van der Waals surface area contributed by atoms with E-state index in [4.69, 9.17) is 15.3 Å². The number of carboxylic acid groups (broad SMARTS) is 1. The number of carbonyl (C=O) groups is 1. The molecule has 0 fully saturated rings. The quantitative estimate of drug-likeness (QED) is 0.601. The second-order valence-corrected chi connectivity index (χ2v) is 2.34. The highest BCUT2D eigenvalue weighted by Gasteiger charge is 2.15. The highest BCUT2D eigenvalue weighted by molar-refractivity contribution is 5.74. The van der Waals surface area contributed by atoms with E-state index in [0.717, 1.165) is 0 Å². The molecule has 0 saturated carbocycles. The molecule has 0 heterocycles. The summed E-state index contributed by atoms with van der Waals surface area (Å²) in [5.74, 6) is -1.39. The van der Waals surface area contributed by atoms with Gasteiger partial charge in [-0.1, -0.05) is 12.1 Å². The first-order valence-corrected chi connectivity index (χ1v) is 3.31. The molecule has 0 amide bonds. The molecule has 0 aliphatic carbocycles. The number of aliphatic hydroxyl groups excluding tert-OH is 1. The Morgan fingerprint density at radius 3 is 2.58 bits per heavy atom. The van der Waals surface area contributed by atoms with Crippen molar-refractivity contribution in [3.63, 3.8) is 0 Å². The van der Waals surface area contributed by atoms with Crippen molar-refractivity contribution in [1.29, 1.82) is 0 Å². The van der Waals surface area contributed by atoms with Gasteiger partial charge in [0.05, 0.1) is 0 Å². The maximum atomic E-state index is 10.3. The summed E-state index contributed by atoms with van der Waals surface area (Å²) in [6.45, 7) is 0. The molecule has 0 radical (unpaired) electrons. The first kappa shape index (κ1) is 8.55. The lowest BCUT2D eigenvalue weighted by molar-refractivity contribution is -0.146. The molecule has 0 unspecified atom stereocenters. The lowest BCUT2D eigenvalue weighted by Crippen LogP contribution is -2.09. The smallest absolute Gasteiger partial charge is 0.337 e. The van der Waals surface area contributed by atoms with Crippen molar-refractivity contribution in [3.8, 4) is 5.75 Å². The molecular weight excluding hydrogens is 160 g/mol. The molecule has 0 saturated heterocycles. The minimum Gasteiger partial charge on any atom is -0.508 e. The van der Waals surface area contributed by atoms with Crippen molar-refractivity contribution < 1.29 is 20.1 Å². The monoisotopic (exact) mass is 168 g/mol. The van der Waals surface area contributed by atoms with Crippen LogP contribution in [-0.4, -0.2) is 21.3 Å². The number of hydrogen-bond acceptors (Lipinski definition) is 3. The summed E-state index contributed by atoms with van der Waals surface area (Å²) in [6.07, 6.45) is -1.57. The van der Waals surface area contributed by atoms with Crippen molar-refractivity contribution in [2.45, 2.75) is 6.10 Å². The lowest BCUT2D eigenvalue weighted by Gasteiger charge is -2.04. The molecule has 4 heteroatoms. The Morgan fingerprint density at radius 2 is 2.08 bits per heavy atom. The molecule has 1 rings (SSSR count). The van der Waals surface area contributed by atoms with Crippen LogP contribution in [-0.2, 0) is 4.79 Å². The van der Waals surface area contributed by atoms with E-state index in [1.165, 1.54) is 24.3 Å². The number of carboxylic acids is 1. The molecule has 64 valence electrons. The Labute approximate surface area is 68.7 Å². The normalized spacial score (nSPS) is 12.4. The zero-order valence-electron chi connectivity index (χ0n) is 6.14. The molecule has 3 N–H and O–H groups in total. The Hall–Kier alpha value is -1.55. The van der Waals surface area contributed by atoms with E-state index < -0.39 is 12.1 Å². The van der Waals surface area contributed by atoms with Gasteiger partial charge in [0.15, 0.2) is 6.10 Å². The van der Waals surface area contributed by atoms with Crippen LogP contribution < -0.4 is 0 Å². The SMILES string of the molecule is O=C(O)[C@@H](O)c1cccc(O)c1. The third-order valence-corrected chi connectivity index (χ3v) is 1.42. The average molecular weight is 168 g/mol. The molecule has 0 aliphatic heterocycles. The number of aliphatic carboxylic acids is 1. The first-order valence-electron chi connectivity index (χ1n) is 3.31. The summed E-state index contributed by atoms with van der Waals surface area (Å²) in [6, 6.07) is 5.51. The van der Waals surface area contributed by atoms with Crippen LogP contribution in [0.25, 0.3) is 0 Å². The molecule has 1 aromatic carbocycles. The number of phenolic OH excluding ortho intramolecular Hbond substituents is 1. The van der Waals surface area contributed by atoms with Crippen molar-refractivity contribution in [2.75, 3.05) is 0 Å². The first-order chi connectivity index (χ1) is 5.61. The Morgan fingerprint density at radius 1 is 1.42 bits per heavy atom. The molecule has 0 spiro atoms. The van der Waals surface area contributed by atoms with Gasteiger partial charge in [-0.15, -0.1) is 0 Å². The van der Waals surface area contributed by atoms with E-state index in [1.54, 1.807) is 0 Å². The third kappa shape index (κ3) is 1.73. The summed E-state index contributed by atoms with van der Waals surface area (Å²) in [4.78, 5) is 10.3. The van der Waals surface area contributed by atoms with Crippen LogP contribution >= 0.6 is 0 Å². The minimum absolute atomic E-state index is 0.0622. The number of aromatic hydroxyl groups is 1. The summed E-state index contributed by atoms with van der Waals surface area (Å²) >= 11 is 0. The van der Waals surface area contributed by atoms with Crippen LogP contribution in [0, 0.1) is 0 Å². The molecule has 12 heavy (non-hydrogen) atoms. The number of aliphatic hydroxyl groups is 1. The maximum absolute atomic E-state index is 10.3. The largest absolute Gasteiger partial charge is 0.508 e. The Kier molecular flexibility index (Phi) is 2.30. The fourth-order valence-electron chi connectivity index (χ4n) is 0.837. The number of rotatable bonds is 2. The fraction of sp³-hybridized carbons (Fsp3) is 0.125. The van der Waals surface area contributed by atoms with Crippen molar-refractivity contribution in [3.05, 3.63) is 29.8 Å². The fourth-order valence-corrected chi connectivity index (χ4v) is 0.837. The summed E-state index contributed by atoms with van der Waals surface area (Å²) < 4.78 is 0. The van der Waals surface area contributed by atoms with E-state index in [1.807, 2.05) is 0 Å². The van der Waals surface area contributed by atoms with E-state index >= 15 is 0 Å². The van der Waals surface area contributed by atoms with E-state index in [9.17, 15) is 4.79 Å². The van der Waals surface area contributed by atoms with E-state index in [0.29, 0.717) is 0 Å². The standard InChI is InChI=1S/C8H8O4/c9-6-3-1-2-5(4-6)7(10)8(11)12/h1-4,7,9-10H,(H,11,12)/t7-/m0/s1. The van der Waals surface area contributed by atoms with Gasteiger partial charge in [0.1, 0.15) is 5.75 Å². The van der Waals surface area contributed by atoms with Gasteiger partial charge in [-0.05, 0) is 17.7 Å². The van der Waals surface area contributed by atoms with Gasteiger partial charge in [0.2, 0.25) is 0 Å². The Balaban J connectivity index is 2.95. The van der Waals surface area contributed by atoms with Crippen LogP contribution in [0.15, 0.2) is 24.3 Å². The molecule has 1 atom stereocenters. The maximum Gasteiger partial charge on any atom is 0.337 e. The summed E-state index contributed by atoms with van der Waals surface area (Å²) in [7, 11) is 0. The number of phenols is 1. The molecule has 0 aliphatic rings. The predicted molar refractivity (Wildman–Crippen MR) is 40.7 cm³/mol. The molecule has 0 aromatic heterocycles. The van der Waals surface area contributed by atoms with Crippen LogP contribution in [0.1, 0.15) is 11.7 Å². The highest BCUT2D eigenvalue weighted by atomic mass is 16.4. The van der Waals surface area contributed by atoms with Gasteiger partial charge in [0, 0.05) is 0 Å². The topological polar surface area (TPSA) is 77.8 Å². The van der Waals surface area contributed by atoms with Crippen LogP contribution in [0.4, 0.5) is 0 Å². The van der Waals surface area contributed by atoms with Gasteiger partial charge in [-0.2, -0.15) is 0 Å². The highest BCUT2D eigenvalue weighted by Crippen LogP contribution is 2.17. The molecule has 0 bridgehead atoms. The van der Waals surface area contributed by atoms with E-state index in [-0.39, 0.29) is 11.3 Å². The van der Waals surface area contributed by atoms with Crippen molar-refractivity contribution >= 4 is 5.97 Å². The van der Waals surface area contributed by atoms with Gasteiger partial charge in [-0.25, -0.2) is 4.79 Å². The average Bonchev–Trinajstić information content (AvgIpc) is 2.03. The minimum atomic E-state index is -1.57. The van der Waals surface area contributed by atoms with Crippen LogP contribution in [0.5, 0.6) is 5.75 Å². The zero-order chi connectivity index (χ0) is 9.14. The van der Waals surface area contributed by atoms with Gasteiger partial charge in [0.25, 0.3) is 0 Å². The lowest BCUT2D eigenvalue weighted by atomic mass is 10.1. The van der Waals surface area contributed by atoms with Crippen molar-refractivity contribution in [1.82, 2.24) is 0 Å². The van der Waals surface area contributed by atoms with Crippen LogP contribution in [0.3, 0.4) is 0 Å². The number of hydrogen-bond donors (Lipinski definition) is 3. The number of benzene rings is 1. The van der Waals surface area contributed by atoms with Gasteiger partial charge >= 0.3 is 5.97 Å². The Bertz CT molecular complexity index is 295. The molecule has 1 aromatic rings. The summed E-state index contributed by atoms with van der Waals surface area (Å²) in [5.41, 5.74) is 0.169. The molecular formula is C8H8O4. The third-order valence-electron chi connectivity index (χ3n) is 1.42. The van der Waals surface area contributed by atoms with Gasteiger partial charge in [-0.3, -0.25) is 0 Å². The summed E-state index contributed by atoms with van der Waals surface area (Å²) in [5, 5.41) is 26.3. The zero-order valence-corrected chi connectivity index (χ0v) is 6.14. The predicted octanol–water partition coefficient (Wildman–Crippen LogP) is 0.510. The second kappa shape index (κ2) is 3.23. The molecule has 4 nitrogen and oxygen atoms in total. The second-order valence-electron chi connectivity index (χ2n) is 2.34. The van der Waals surface area contributed by atoms with E-state index in [2.05, 4.69) is 0 Å². The van der Waals surface area contributed by atoms with Crippen LogP contribution in [0.2, 0.25) is 0 Å². The van der Waals surface area contributed by atoms with Crippen molar-refractivity contribution in [2.24, 2.45) is 0 Å².